The number of nitrogens with one attached hydrogen (secondary N) is 1. The molecule has 1 saturated heterocycles. The standard InChI is InChI=1S/C58H111NO8/c1-3-5-7-9-11-12-13-14-15-16-17-18-19-20-21-22-23-24-25-26-27-28-29-30-31-32-33-34-35-36-37-38-39-40-42-44-46-48-54(62)59-51(52(61)47-45-43-41-10-8-6-4-2)50-66-58-57(65)56(64)55(63)53(49-60)67-58/h13-14,16-17,51-53,55-58,60-61,63-65H,3-12,15,18-50H2,1-2H3,(H,59,62)/b14-13-,17-16-. The van der Waals surface area contributed by atoms with Gasteiger partial charge in [0.2, 0.25) is 5.91 Å². The van der Waals surface area contributed by atoms with Gasteiger partial charge in [-0.05, 0) is 44.9 Å². The number of ether oxygens (including phenoxy) is 2. The molecule has 0 aromatic heterocycles. The third-order valence-electron chi connectivity index (χ3n) is 14.1. The Labute approximate surface area is 413 Å². The van der Waals surface area contributed by atoms with Gasteiger partial charge in [-0.25, -0.2) is 0 Å². The molecular weight excluding hydrogens is 839 g/mol. The van der Waals surface area contributed by atoms with Gasteiger partial charge in [0, 0.05) is 6.42 Å². The summed E-state index contributed by atoms with van der Waals surface area (Å²) in [7, 11) is 0. The van der Waals surface area contributed by atoms with Crippen molar-refractivity contribution in [3.63, 3.8) is 0 Å². The molecule has 0 saturated carbocycles. The van der Waals surface area contributed by atoms with Crippen LogP contribution in [0.2, 0.25) is 0 Å². The van der Waals surface area contributed by atoms with Crippen LogP contribution >= 0.6 is 0 Å². The molecule has 1 amide bonds. The first-order chi connectivity index (χ1) is 32.8. The summed E-state index contributed by atoms with van der Waals surface area (Å²) in [6.45, 7) is 3.79. The van der Waals surface area contributed by atoms with Gasteiger partial charge < -0.3 is 40.3 Å². The Morgan fingerprint density at radius 2 is 0.881 bits per heavy atom. The molecule has 0 aliphatic carbocycles. The fourth-order valence-electron chi connectivity index (χ4n) is 9.43. The number of aliphatic hydroxyl groups is 5. The molecule has 0 radical (unpaired) electrons. The van der Waals surface area contributed by atoms with Gasteiger partial charge in [-0.3, -0.25) is 4.79 Å². The first-order valence-corrected chi connectivity index (χ1v) is 29.0. The van der Waals surface area contributed by atoms with Crippen LogP contribution in [0.4, 0.5) is 0 Å². The van der Waals surface area contributed by atoms with Gasteiger partial charge in [0.25, 0.3) is 0 Å². The second kappa shape index (κ2) is 48.3. The number of allylic oxidation sites excluding steroid dienone is 4. The SMILES string of the molecule is CCCCCCC/C=C\C/C=C\CCCCCCCCCCCCCCCCCCCCCCCCCCCC(=O)NC(COC1OC(CO)C(O)C(O)C1O)C(O)CCCCCCCCC. The molecule has 9 nitrogen and oxygen atoms in total. The van der Waals surface area contributed by atoms with E-state index in [9.17, 15) is 30.3 Å². The maximum Gasteiger partial charge on any atom is 0.220 e. The highest BCUT2D eigenvalue weighted by atomic mass is 16.7. The number of hydrogen-bond acceptors (Lipinski definition) is 8. The smallest absolute Gasteiger partial charge is 0.220 e. The second-order valence-electron chi connectivity index (χ2n) is 20.4. The molecule has 6 N–H and O–H groups in total. The summed E-state index contributed by atoms with van der Waals surface area (Å²) in [5, 5.41) is 54.2. The fraction of sp³-hybridized carbons (Fsp3) is 0.914. The van der Waals surface area contributed by atoms with E-state index in [-0.39, 0.29) is 12.5 Å². The van der Waals surface area contributed by atoms with E-state index >= 15 is 0 Å². The van der Waals surface area contributed by atoms with Crippen molar-refractivity contribution in [1.29, 1.82) is 0 Å². The van der Waals surface area contributed by atoms with E-state index in [4.69, 9.17) is 9.47 Å². The number of amides is 1. The molecule has 9 heteroatoms. The molecule has 1 aliphatic rings. The van der Waals surface area contributed by atoms with Crippen LogP contribution in [-0.4, -0.2) is 87.5 Å². The molecule has 1 heterocycles. The van der Waals surface area contributed by atoms with Crippen LogP contribution in [0.3, 0.4) is 0 Å². The summed E-state index contributed by atoms with van der Waals surface area (Å²) in [5.74, 6) is -0.143. The number of carbonyl (C=O) groups excluding carboxylic acids is 1. The van der Waals surface area contributed by atoms with Crippen molar-refractivity contribution in [1.82, 2.24) is 5.32 Å². The topological polar surface area (TPSA) is 149 Å². The molecule has 67 heavy (non-hydrogen) atoms. The Hall–Kier alpha value is -1.33. The van der Waals surface area contributed by atoms with Crippen molar-refractivity contribution in [3.8, 4) is 0 Å². The largest absolute Gasteiger partial charge is 0.394 e. The minimum Gasteiger partial charge on any atom is -0.394 e. The van der Waals surface area contributed by atoms with E-state index in [0.717, 1.165) is 44.9 Å². The average molecular weight is 951 g/mol. The third kappa shape index (κ3) is 38.1. The Morgan fingerprint density at radius 3 is 1.28 bits per heavy atom. The first kappa shape index (κ1) is 63.7. The van der Waals surface area contributed by atoms with Gasteiger partial charge in [0.1, 0.15) is 24.4 Å². The summed E-state index contributed by atoms with van der Waals surface area (Å²) in [4.78, 5) is 13.0. The maximum absolute atomic E-state index is 13.0. The monoisotopic (exact) mass is 950 g/mol. The third-order valence-corrected chi connectivity index (χ3v) is 14.1. The fourth-order valence-corrected chi connectivity index (χ4v) is 9.43. The summed E-state index contributed by atoms with van der Waals surface area (Å²) >= 11 is 0. The van der Waals surface area contributed by atoms with Gasteiger partial charge in [0.15, 0.2) is 6.29 Å². The predicted octanol–water partition coefficient (Wildman–Crippen LogP) is 14.2. The highest BCUT2D eigenvalue weighted by Gasteiger charge is 2.44. The molecule has 0 bridgehead atoms. The molecule has 0 aromatic rings. The zero-order valence-electron chi connectivity index (χ0n) is 43.9. The number of hydrogen-bond donors (Lipinski definition) is 6. The van der Waals surface area contributed by atoms with Crippen molar-refractivity contribution >= 4 is 5.91 Å². The zero-order valence-corrected chi connectivity index (χ0v) is 43.9. The molecular formula is C58H111NO8. The highest BCUT2D eigenvalue weighted by molar-refractivity contribution is 5.76. The summed E-state index contributed by atoms with van der Waals surface area (Å²) in [6, 6.07) is -0.712. The Balaban J connectivity index is 1.97. The van der Waals surface area contributed by atoms with E-state index in [0.29, 0.717) is 12.8 Å². The minimum atomic E-state index is -1.55. The lowest BCUT2D eigenvalue weighted by atomic mass is 9.99. The quantitative estimate of drug-likeness (QED) is 0.0261. The van der Waals surface area contributed by atoms with E-state index in [1.54, 1.807) is 0 Å². The van der Waals surface area contributed by atoms with Crippen LogP contribution in [0, 0.1) is 0 Å². The van der Waals surface area contributed by atoms with Gasteiger partial charge in [-0.2, -0.15) is 0 Å². The van der Waals surface area contributed by atoms with Gasteiger partial charge in [-0.1, -0.05) is 256 Å². The average Bonchev–Trinajstić information content (AvgIpc) is 3.33. The van der Waals surface area contributed by atoms with E-state index < -0.39 is 49.5 Å². The van der Waals surface area contributed by atoms with Crippen LogP contribution in [0.5, 0.6) is 0 Å². The number of unbranched alkanes of at least 4 members (excludes halogenated alkanes) is 36. The minimum absolute atomic E-state index is 0.135. The van der Waals surface area contributed by atoms with Crippen LogP contribution < -0.4 is 5.32 Å². The Kier molecular flexibility index (Phi) is 45.9. The predicted molar refractivity (Wildman–Crippen MR) is 281 cm³/mol. The highest BCUT2D eigenvalue weighted by Crippen LogP contribution is 2.23. The van der Waals surface area contributed by atoms with Crippen molar-refractivity contribution in [3.05, 3.63) is 24.3 Å². The van der Waals surface area contributed by atoms with Crippen LogP contribution in [0.15, 0.2) is 24.3 Å². The lowest BCUT2D eigenvalue weighted by Crippen LogP contribution is -2.60. The summed E-state index contributed by atoms with van der Waals surface area (Å²) in [5.41, 5.74) is 0. The molecule has 396 valence electrons. The lowest BCUT2D eigenvalue weighted by molar-refractivity contribution is -0.302. The van der Waals surface area contributed by atoms with Gasteiger partial charge in [0.05, 0.1) is 25.4 Å². The van der Waals surface area contributed by atoms with Crippen LogP contribution in [0.25, 0.3) is 0 Å². The molecule has 1 aliphatic heterocycles. The van der Waals surface area contributed by atoms with E-state index in [1.807, 2.05) is 0 Å². The van der Waals surface area contributed by atoms with Crippen molar-refractivity contribution in [2.75, 3.05) is 13.2 Å². The van der Waals surface area contributed by atoms with Gasteiger partial charge in [-0.15, -0.1) is 0 Å². The number of carbonyl (C=O) groups is 1. The summed E-state index contributed by atoms with van der Waals surface area (Å²) in [6.07, 6.45) is 54.2. The van der Waals surface area contributed by atoms with Crippen LogP contribution in [-0.2, 0) is 14.3 Å². The van der Waals surface area contributed by atoms with Gasteiger partial charge >= 0.3 is 0 Å². The summed E-state index contributed by atoms with van der Waals surface area (Å²) < 4.78 is 11.2. The molecule has 7 atom stereocenters. The Bertz CT molecular complexity index is 1100. The van der Waals surface area contributed by atoms with E-state index in [1.165, 1.54) is 212 Å². The van der Waals surface area contributed by atoms with Crippen molar-refractivity contribution < 1.29 is 39.8 Å². The second-order valence-corrected chi connectivity index (χ2v) is 20.4. The molecule has 1 fully saturated rings. The number of rotatable bonds is 50. The Morgan fingerprint density at radius 1 is 0.507 bits per heavy atom. The van der Waals surface area contributed by atoms with E-state index in [2.05, 4.69) is 43.5 Å². The first-order valence-electron chi connectivity index (χ1n) is 29.0. The van der Waals surface area contributed by atoms with Crippen molar-refractivity contribution in [2.24, 2.45) is 0 Å². The van der Waals surface area contributed by atoms with Crippen LogP contribution in [0.1, 0.15) is 284 Å². The molecule has 0 spiro atoms. The zero-order chi connectivity index (χ0) is 48.7. The molecule has 1 rings (SSSR count). The molecule has 0 aromatic carbocycles. The maximum atomic E-state index is 13.0. The molecule has 7 unspecified atom stereocenters. The van der Waals surface area contributed by atoms with Crippen molar-refractivity contribution in [2.45, 2.75) is 326 Å². The number of aliphatic hydroxyl groups excluding tert-OH is 5. The normalized spacial score (nSPS) is 19.8. The lowest BCUT2D eigenvalue weighted by Gasteiger charge is -2.40.